The van der Waals surface area contributed by atoms with Crippen LogP contribution in [-0.2, 0) is 9.53 Å². The fourth-order valence-corrected chi connectivity index (χ4v) is 3.32. The van der Waals surface area contributed by atoms with Crippen LogP contribution in [-0.4, -0.2) is 78.8 Å². The standard InChI is InChI=1S/C19H28N4O4/c24-18(17-6-2-13-27-17)22-9-4-10-23(12-11-22)19(25)21-8-3-14-26-16-5-1-7-20-15-16/h1,5,7,15,17H,2-4,6,8-14H2,(H,21,25)/t17-/m0/s1. The molecule has 2 aliphatic rings. The zero-order chi connectivity index (χ0) is 18.9. The van der Waals surface area contributed by atoms with Crippen molar-refractivity contribution in [3.63, 3.8) is 0 Å². The van der Waals surface area contributed by atoms with Gasteiger partial charge in [0.15, 0.2) is 0 Å². The first-order valence-corrected chi connectivity index (χ1v) is 9.70. The van der Waals surface area contributed by atoms with Gasteiger partial charge in [-0.2, -0.15) is 0 Å². The summed E-state index contributed by atoms with van der Waals surface area (Å²) < 4.78 is 11.1. The molecule has 0 bridgehead atoms. The third-order valence-corrected chi connectivity index (χ3v) is 4.80. The normalized spacial score (nSPS) is 20.2. The lowest BCUT2D eigenvalue weighted by atomic mass is 10.2. The molecule has 0 unspecified atom stereocenters. The SMILES string of the molecule is O=C(NCCCOc1cccnc1)N1CCCN(C(=O)[C@@H]2CCCO2)CC1. The first kappa shape index (κ1) is 19.4. The summed E-state index contributed by atoms with van der Waals surface area (Å²) in [4.78, 5) is 32.4. The van der Waals surface area contributed by atoms with E-state index in [0.717, 1.165) is 31.4 Å². The molecule has 0 aliphatic carbocycles. The van der Waals surface area contributed by atoms with E-state index < -0.39 is 0 Å². The van der Waals surface area contributed by atoms with E-state index in [2.05, 4.69) is 10.3 Å². The maximum atomic E-state index is 12.5. The Morgan fingerprint density at radius 3 is 2.85 bits per heavy atom. The number of amides is 3. The monoisotopic (exact) mass is 376 g/mol. The number of aromatic nitrogens is 1. The van der Waals surface area contributed by atoms with Crippen molar-refractivity contribution in [2.24, 2.45) is 0 Å². The molecule has 1 aromatic heterocycles. The molecular weight excluding hydrogens is 348 g/mol. The molecule has 0 aromatic carbocycles. The molecule has 8 nitrogen and oxygen atoms in total. The summed E-state index contributed by atoms with van der Waals surface area (Å²) in [5.74, 6) is 0.801. The number of nitrogens with zero attached hydrogens (tertiary/aromatic N) is 3. The van der Waals surface area contributed by atoms with E-state index in [0.29, 0.717) is 45.9 Å². The highest BCUT2D eigenvalue weighted by Gasteiger charge is 2.30. The minimum absolute atomic E-state index is 0.0716. The number of urea groups is 1. The molecule has 3 heterocycles. The van der Waals surface area contributed by atoms with Gasteiger partial charge in [-0.3, -0.25) is 9.78 Å². The molecule has 3 amide bonds. The van der Waals surface area contributed by atoms with E-state index in [1.54, 1.807) is 17.3 Å². The van der Waals surface area contributed by atoms with Crippen molar-refractivity contribution >= 4 is 11.9 Å². The lowest BCUT2D eigenvalue weighted by molar-refractivity contribution is -0.140. The van der Waals surface area contributed by atoms with Gasteiger partial charge in [0.2, 0.25) is 0 Å². The van der Waals surface area contributed by atoms with Gasteiger partial charge in [-0.1, -0.05) is 0 Å². The second-order valence-corrected chi connectivity index (χ2v) is 6.79. The van der Waals surface area contributed by atoms with E-state index >= 15 is 0 Å². The van der Waals surface area contributed by atoms with Crippen LogP contribution in [0.15, 0.2) is 24.5 Å². The molecule has 2 aliphatic heterocycles. The van der Waals surface area contributed by atoms with Gasteiger partial charge in [0.1, 0.15) is 11.9 Å². The average molecular weight is 376 g/mol. The molecule has 1 N–H and O–H groups in total. The number of ether oxygens (including phenoxy) is 2. The minimum atomic E-state index is -0.287. The summed E-state index contributed by atoms with van der Waals surface area (Å²) in [7, 11) is 0. The largest absolute Gasteiger partial charge is 0.492 e. The lowest BCUT2D eigenvalue weighted by Crippen LogP contribution is -2.44. The Hall–Kier alpha value is -2.35. The van der Waals surface area contributed by atoms with Gasteiger partial charge in [0.25, 0.3) is 5.91 Å². The summed E-state index contributed by atoms with van der Waals surface area (Å²) in [6.45, 7) is 4.20. The van der Waals surface area contributed by atoms with E-state index in [9.17, 15) is 9.59 Å². The molecular formula is C19H28N4O4. The van der Waals surface area contributed by atoms with Crippen LogP contribution in [0.1, 0.15) is 25.7 Å². The second kappa shape index (κ2) is 10.1. The van der Waals surface area contributed by atoms with Crippen molar-refractivity contribution in [2.45, 2.75) is 31.8 Å². The third-order valence-electron chi connectivity index (χ3n) is 4.80. The zero-order valence-electron chi connectivity index (χ0n) is 15.6. The molecule has 0 spiro atoms. The van der Waals surface area contributed by atoms with Crippen LogP contribution in [0.25, 0.3) is 0 Å². The number of carbonyl (C=O) groups excluding carboxylic acids is 2. The van der Waals surface area contributed by atoms with Crippen LogP contribution in [0.3, 0.4) is 0 Å². The maximum Gasteiger partial charge on any atom is 0.317 e. The molecule has 1 aromatic rings. The van der Waals surface area contributed by atoms with Crippen molar-refractivity contribution in [3.8, 4) is 5.75 Å². The van der Waals surface area contributed by atoms with E-state index in [4.69, 9.17) is 9.47 Å². The number of nitrogens with one attached hydrogen (secondary N) is 1. The van der Waals surface area contributed by atoms with Gasteiger partial charge < -0.3 is 24.6 Å². The molecule has 2 fully saturated rings. The van der Waals surface area contributed by atoms with Crippen molar-refractivity contribution in [3.05, 3.63) is 24.5 Å². The average Bonchev–Trinajstić information content (AvgIpc) is 3.12. The van der Waals surface area contributed by atoms with E-state index in [1.165, 1.54) is 0 Å². The fraction of sp³-hybridized carbons (Fsp3) is 0.632. The highest BCUT2D eigenvalue weighted by atomic mass is 16.5. The predicted molar refractivity (Wildman–Crippen MR) is 99.5 cm³/mol. The van der Waals surface area contributed by atoms with Gasteiger partial charge in [0, 0.05) is 45.5 Å². The molecule has 2 saturated heterocycles. The first-order chi connectivity index (χ1) is 13.2. The van der Waals surface area contributed by atoms with Crippen LogP contribution in [0.5, 0.6) is 5.75 Å². The number of hydrogen-bond donors (Lipinski definition) is 1. The summed E-state index contributed by atoms with van der Waals surface area (Å²) in [5.41, 5.74) is 0. The van der Waals surface area contributed by atoms with E-state index in [-0.39, 0.29) is 18.0 Å². The molecule has 3 rings (SSSR count). The van der Waals surface area contributed by atoms with Crippen molar-refractivity contribution in [1.29, 1.82) is 0 Å². The van der Waals surface area contributed by atoms with Crippen LogP contribution in [0.2, 0.25) is 0 Å². The molecule has 0 saturated carbocycles. The molecule has 0 radical (unpaired) electrons. The summed E-state index contributed by atoms with van der Waals surface area (Å²) in [6.07, 6.45) is 6.34. The number of rotatable bonds is 6. The van der Waals surface area contributed by atoms with Crippen molar-refractivity contribution < 1.29 is 19.1 Å². The second-order valence-electron chi connectivity index (χ2n) is 6.79. The van der Waals surface area contributed by atoms with Crippen LogP contribution >= 0.6 is 0 Å². The first-order valence-electron chi connectivity index (χ1n) is 9.70. The Kier molecular flexibility index (Phi) is 7.27. The zero-order valence-corrected chi connectivity index (χ0v) is 15.6. The smallest absolute Gasteiger partial charge is 0.317 e. The maximum absolute atomic E-state index is 12.5. The Balaban J connectivity index is 1.33. The van der Waals surface area contributed by atoms with Crippen LogP contribution in [0.4, 0.5) is 4.79 Å². The van der Waals surface area contributed by atoms with Gasteiger partial charge in [-0.05, 0) is 37.8 Å². The summed E-state index contributed by atoms with van der Waals surface area (Å²) in [5, 5.41) is 2.93. The minimum Gasteiger partial charge on any atom is -0.492 e. The van der Waals surface area contributed by atoms with E-state index in [1.807, 2.05) is 17.0 Å². The Labute approximate surface area is 159 Å². The number of hydrogen-bond acceptors (Lipinski definition) is 5. The number of pyridine rings is 1. The van der Waals surface area contributed by atoms with Crippen molar-refractivity contribution in [2.75, 3.05) is 45.9 Å². The lowest BCUT2D eigenvalue weighted by Gasteiger charge is -2.24. The van der Waals surface area contributed by atoms with Gasteiger partial charge in [-0.15, -0.1) is 0 Å². The van der Waals surface area contributed by atoms with Crippen molar-refractivity contribution in [1.82, 2.24) is 20.1 Å². The molecule has 148 valence electrons. The third kappa shape index (κ3) is 5.82. The Morgan fingerprint density at radius 2 is 2.07 bits per heavy atom. The van der Waals surface area contributed by atoms with Gasteiger partial charge in [-0.25, -0.2) is 4.79 Å². The van der Waals surface area contributed by atoms with Gasteiger partial charge in [0.05, 0.1) is 12.8 Å². The molecule has 8 heteroatoms. The quantitative estimate of drug-likeness (QED) is 0.756. The highest BCUT2D eigenvalue weighted by Crippen LogP contribution is 2.16. The highest BCUT2D eigenvalue weighted by molar-refractivity contribution is 5.81. The molecule has 27 heavy (non-hydrogen) atoms. The Bertz CT molecular complexity index is 607. The summed E-state index contributed by atoms with van der Waals surface area (Å²) in [6, 6.07) is 3.60. The summed E-state index contributed by atoms with van der Waals surface area (Å²) >= 11 is 0. The fourth-order valence-electron chi connectivity index (χ4n) is 3.32. The molecule has 1 atom stereocenters. The number of carbonyl (C=O) groups is 2. The topological polar surface area (TPSA) is 84.0 Å². The van der Waals surface area contributed by atoms with Crippen LogP contribution < -0.4 is 10.1 Å². The van der Waals surface area contributed by atoms with Crippen LogP contribution in [0, 0.1) is 0 Å². The predicted octanol–water partition coefficient (Wildman–Crippen LogP) is 1.27. The van der Waals surface area contributed by atoms with Gasteiger partial charge >= 0.3 is 6.03 Å². The Morgan fingerprint density at radius 1 is 1.22 bits per heavy atom.